The molecule has 2 heteroatoms. The van der Waals surface area contributed by atoms with Gasteiger partial charge in [-0.2, -0.15) is 0 Å². The lowest BCUT2D eigenvalue weighted by atomic mass is 9.92. The lowest BCUT2D eigenvalue weighted by Gasteiger charge is -2.20. The van der Waals surface area contributed by atoms with Gasteiger partial charge in [-0.05, 0) is 62.8 Å². The molecule has 0 spiro atoms. The molecular weight excluding hydrogens is 212 g/mol. The summed E-state index contributed by atoms with van der Waals surface area (Å²) >= 11 is 0. The number of hydrogen-bond acceptors (Lipinski definition) is 2. The van der Waals surface area contributed by atoms with Gasteiger partial charge < -0.3 is 9.84 Å². The number of hydrogen-bond donors (Lipinski definition) is 1. The third-order valence-electron chi connectivity index (χ3n) is 3.33. The average Bonchev–Trinajstić information content (AvgIpc) is 2.27. The fraction of sp³-hybridized carbons (Fsp3) is 0.600. The lowest BCUT2D eigenvalue weighted by molar-refractivity contribution is 0.115. The molecule has 1 aromatic rings. The Kier molecular flexibility index (Phi) is 4.06. The van der Waals surface area contributed by atoms with Crippen LogP contribution < -0.4 is 4.74 Å². The highest BCUT2D eigenvalue weighted by Crippen LogP contribution is 2.26. The number of benzene rings is 1. The van der Waals surface area contributed by atoms with Crippen molar-refractivity contribution in [1.82, 2.24) is 0 Å². The monoisotopic (exact) mass is 234 g/mol. The Morgan fingerprint density at radius 2 is 1.88 bits per heavy atom. The highest BCUT2D eigenvalue weighted by molar-refractivity contribution is 5.37. The Morgan fingerprint density at radius 1 is 1.18 bits per heavy atom. The first kappa shape index (κ1) is 12.4. The van der Waals surface area contributed by atoms with E-state index in [-0.39, 0.29) is 12.2 Å². The molecule has 1 aliphatic carbocycles. The van der Waals surface area contributed by atoms with Crippen molar-refractivity contribution in [2.75, 3.05) is 0 Å². The van der Waals surface area contributed by atoms with Crippen molar-refractivity contribution >= 4 is 0 Å². The number of rotatable bonds is 4. The molecule has 0 fully saturated rings. The van der Waals surface area contributed by atoms with E-state index in [0.717, 1.165) is 5.75 Å². The zero-order chi connectivity index (χ0) is 12.3. The first-order valence-electron chi connectivity index (χ1n) is 6.61. The van der Waals surface area contributed by atoms with Gasteiger partial charge in [-0.3, -0.25) is 0 Å². The van der Waals surface area contributed by atoms with E-state index in [1.54, 1.807) is 6.92 Å². The van der Waals surface area contributed by atoms with Crippen LogP contribution >= 0.6 is 0 Å². The summed E-state index contributed by atoms with van der Waals surface area (Å²) in [7, 11) is 0. The highest BCUT2D eigenvalue weighted by atomic mass is 16.5. The van der Waals surface area contributed by atoms with E-state index in [1.807, 2.05) is 6.92 Å². The van der Waals surface area contributed by atoms with Crippen LogP contribution in [0, 0.1) is 0 Å². The van der Waals surface area contributed by atoms with Gasteiger partial charge >= 0.3 is 0 Å². The van der Waals surface area contributed by atoms with E-state index in [4.69, 9.17) is 4.74 Å². The van der Waals surface area contributed by atoms with Gasteiger partial charge in [0.2, 0.25) is 0 Å². The van der Waals surface area contributed by atoms with E-state index < -0.39 is 0 Å². The molecule has 2 nitrogen and oxygen atoms in total. The maximum atomic E-state index is 9.31. The quantitative estimate of drug-likeness (QED) is 0.867. The molecule has 0 radical (unpaired) electrons. The lowest BCUT2D eigenvalue weighted by Crippen LogP contribution is -2.18. The second-order valence-electron chi connectivity index (χ2n) is 5.15. The van der Waals surface area contributed by atoms with E-state index in [9.17, 15) is 5.11 Å². The number of fused-ring (bicyclic) bond motifs is 1. The van der Waals surface area contributed by atoms with E-state index in [1.165, 1.54) is 36.8 Å². The van der Waals surface area contributed by atoms with Crippen LogP contribution in [0.3, 0.4) is 0 Å². The summed E-state index contributed by atoms with van der Waals surface area (Å²) in [5.74, 6) is 0.943. The van der Waals surface area contributed by atoms with Crippen LogP contribution in [0.2, 0.25) is 0 Å². The van der Waals surface area contributed by atoms with E-state index in [0.29, 0.717) is 6.42 Å². The fourth-order valence-electron chi connectivity index (χ4n) is 2.54. The highest BCUT2D eigenvalue weighted by Gasteiger charge is 2.12. The Hall–Kier alpha value is -1.02. The van der Waals surface area contributed by atoms with Gasteiger partial charge in [0.05, 0.1) is 12.2 Å². The minimum Gasteiger partial charge on any atom is -0.491 e. The molecule has 1 aliphatic rings. The summed E-state index contributed by atoms with van der Waals surface area (Å²) in [4.78, 5) is 0. The zero-order valence-corrected chi connectivity index (χ0v) is 10.8. The molecule has 94 valence electrons. The molecule has 0 saturated carbocycles. The molecule has 0 aliphatic heterocycles. The molecule has 2 unspecified atom stereocenters. The van der Waals surface area contributed by atoms with Crippen LogP contribution in [0.25, 0.3) is 0 Å². The molecule has 0 aromatic heterocycles. The zero-order valence-electron chi connectivity index (χ0n) is 10.8. The molecule has 0 heterocycles. The largest absolute Gasteiger partial charge is 0.491 e. The Labute approximate surface area is 104 Å². The van der Waals surface area contributed by atoms with Crippen LogP contribution in [0.4, 0.5) is 0 Å². The summed E-state index contributed by atoms with van der Waals surface area (Å²) in [6.07, 6.45) is 5.43. The van der Waals surface area contributed by atoms with Crippen LogP contribution in [-0.4, -0.2) is 17.3 Å². The molecule has 0 amide bonds. The predicted molar refractivity (Wildman–Crippen MR) is 69.5 cm³/mol. The van der Waals surface area contributed by atoms with Gasteiger partial charge in [-0.25, -0.2) is 0 Å². The maximum Gasteiger partial charge on any atom is 0.119 e. The molecule has 2 atom stereocenters. The molecule has 0 bridgehead atoms. The van der Waals surface area contributed by atoms with Crippen molar-refractivity contribution in [1.29, 1.82) is 0 Å². The van der Waals surface area contributed by atoms with Crippen LogP contribution in [0.1, 0.15) is 44.2 Å². The summed E-state index contributed by atoms with van der Waals surface area (Å²) in [5, 5.41) is 9.31. The molecule has 1 aromatic carbocycles. The van der Waals surface area contributed by atoms with Gasteiger partial charge in [0.25, 0.3) is 0 Å². The third-order valence-corrected chi connectivity index (χ3v) is 3.33. The summed E-state index contributed by atoms with van der Waals surface area (Å²) in [5.41, 5.74) is 2.92. The van der Waals surface area contributed by atoms with Crippen molar-refractivity contribution < 1.29 is 9.84 Å². The minimum atomic E-state index is -0.303. The van der Waals surface area contributed by atoms with Crippen molar-refractivity contribution in [2.45, 2.75) is 58.2 Å². The number of aliphatic hydroxyl groups excluding tert-OH is 1. The van der Waals surface area contributed by atoms with Crippen molar-refractivity contribution in [3.8, 4) is 5.75 Å². The summed E-state index contributed by atoms with van der Waals surface area (Å²) in [6, 6.07) is 6.43. The smallest absolute Gasteiger partial charge is 0.119 e. The van der Waals surface area contributed by atoms with Crippen molar-refractivity contribution in [2.24, 2.45) is 0 Å². The molecule has 17 heavy (non-hydrogen) atoms. The Balaban J connectivity index is 2.01. The fourth-order valence-corrected chi connectivity index (χ4v) is 2.54. The van der Waals surface area contributed by atoms with Gasteiger partial charge in [0, 0.05) is 6.42 Å². The van der Waals surface area contributed by atoms with Gasteiger partial charge in [-0.15, -0.1) is 0 Å². The predicted octanol–water partition coefficient (Wildman–Crippen LogP) is 3.10. The molecule has 0 saturated heterocycles. The first-order chi connectivity index (χ1) is 8.15. The average molecular weight is 234 g/mol. The van der Waals surface area contributed by atoms with Crippen LogP contribution in [0.5, 0.6) is 5.75 Å². The minimum absolute atomic E-state index is 0.0663. The third kappa shape index (κ3) is 3.47. The van der Waals surface area contributed by atoms with Gasteiger partial charge in [0.15, 0.2) is 0 Å². The van der Waals surface area contributed by atoms with Crippen LogP contribution in [-0.2, 0) is 12.8 Å². The van der Waals surface area contributed by atoms with Gasteiger partial charge in [-0.1, -0.05) is 6.07 Å². The maximum absolute atomic E-state index is 9.31. The van der Waals surface area contributed by atoms with Crippen molar-refractivity contribution in [3.63, 3.8) is 0 Å². The molecule has 1 N–H and O–H groups in total. The van der Waals surface area contributed by atoms with Gasteiger partial charge in [0.1, 0.15) is 5.75 Å². The Bertz CT molecular complexity index is 371. The second-order valence-corrected chi connectivity index (χ2v) is 5.15. The standard InChI is InChI=1S/C15H22O2/c1-11(16)9-12(2)17-15-8-7-13-5-3-4-6-14(13)10-15/h7-8,10-12,16H,3-6,9H2,1-2H3. The summed E-state index contributed by atoms with van der Waals surface area (Å²) in [6.45, 7) is 3.80. The topological polar surface area (TPSA) is 29.5 Å². The molecular formula is C15H22O2. The molecule has 2 rings (SSSR count). The number of ether oxygens (including phenoxy) is 1. The van der Waals surface area contributed by atoms with E-state index >= 15 is 0 Å². The SMILES string of the molecule is CC(O)CC(C)Oc1ccc2c(c1)CCCC2. The normalized spacial score (nSPS) is 18.3. The van der Waals surface area contributed by atoms with E-state index in [2.05, 4.69) is 18.2 Å². The van der Waals surface area contributed by atoms with Crippen LogP contribution in [0.15, 0.2) is 18.2 Å². The van der Waals surface area contributed by atoms with Crippen molar-refractivity contribution in [3.05, 3.63) is 29.3 Å². The summed E-state index contributed by atoms with van der Waals surface area (Å²) < 4.78 is 5.83. The number of aliphatic hydroxyl groups is 1. The Morgan fingerprint density at radius 3 is 2.59 bits per heavy atom. The number of aryl methyl sites for hydroxylation is 2. The first-order valence-corrected chi connectivity index (χ1v) is 6.61. The second kappa shape index (κ2) is 5.54.